The van der Waals surface area contributed by atoms with E-state index in [1.54, 1.807) is 0 Å². The molecule has 122 valence electrons. The second kappa shape index (κ2) is 7.04. The van der Waals surface area contributed by atoms with Gasteiger partial charge >= 0.3 is 6.03 Å². The molecule has 0 aliphatic carbocycles. The lowest BCUT2D eigenvalue weighted by Crippen LogP contribution is -2.32. The van der Waals surface area contributed by atoms with Crippen LogP contribution in [0.4, 0.5) is 10.5 Å². The molecular formula is C20H20N2O2. The average molecular weight is 320 g/mol. The fraction of sp³-hybridized carbons (Fsp3) is 0.150. The molecule has 3 aromatic rings. The fourth-order valence-electron chi connectivity index (χ4n) is 2.58. The number of carbonyl (C=O) groups excluding carboxylic acids is 1. The lowest BCUT2D eigenvalue weighted by molar-refractivity contribution is 0.234. The number of aryl methyl sites for hydroxylation is 2. The molecule has 2 N–H and O–H groups in total. The van der Waals surface area contributed by atoms with Crippen molar-refractivity contribution in [1.29, 1.82) is 0 Å². The molecular weight excluding hydrogens is 300 g/mol. The van der Waals surface area contributed by atoms with Gasteiger partial charge in [0, 0.05) is 5.69 Å². The van der Waals surface area contributed by atoms with Gasteiger partial charge in [0.05, 0.1) is 0 Å². The molecule has 4 heteroatoms. The maximum absolute atomic E-state index is 12.0. The standard InChI is InChI=1S/C20H20N2O2/c1-14-7-10-19(15(2)11-14)24-13-21-20(23)22-18-9-8-16-5-3-4-6-17(16)12-18/h3-12H,13H2,1-2H3,(H2,21,22,23). The molecule has 3 aromatic carbocycles. The van der Waals surface area contributed by atoms with Crippen LogP contribution >= 0.6 is 0 Å². The van der Waals surface area contributed by atoms with E-state index in [0.717, 1.165) is 27.8 Å². The highest BCUT2D eigenvalue weighted by Crippen LogP contribution is 2.19. The Hall–Kier alpha value is -3.01. The Labute approximate surface area is 141 Å². The number of fused-ring (bicyclic) bond motifs is 1. The summed E-state index contributed by atoms with van der Waals surface area (Å²) in [5.74, 6) is 0.770. The summed E-state index contributed by atoms with van der Waals surface area (Å²) in [6.07, 6.45) is 0. The zero-order chi connectivity index (χ0) is 16.9. The van der Waals surface area contributed by atoms with Gasteiger partial charge in [-0.25, -0.2) is 4.79 Å². The average Bonchev–Trinajstić information content (AvgIpc) is 2.57. The predicted octanol–water partition coefficient (Wildman–Crippen LogP) is 4.61. The number of hydrogen-bond donors (Lipinski definition) is 2. The first-order valence-electron chi connectivity index (χ1n) is 7.85. The van der Waals surface area contributed by atoms with E-state index in [4.69, 9.17) is 4.74 Å². The van der Waals surface area contributed by atoms with Crippen molar-refractivity contribution in [3.05, 3.63) is 71.8 Å². The van der Waals surface area contributed by atoms with Crippen molar-refractivity contribution in [3.63, 3.8) is 0 Å². The first-order chi connectivity index (χ1) is 11.6. The Morgan fingerprint density at radius 2 is 1.75 bits per heavy atom. The lowest BCUT2D eigenvalue weighted by Gasteiger charge is -2.12. The number of benzene rings is 3. The molecule has 24 heavy (non-hydrogen) atoms. The largest absolute Gasteiger partial charge is 0.473 e. The Morgan fingerprint density at radius 3 is 2.54 bits per heavy atom. The topological polar surface area (TPSA) is 50.4 Å². The number of nitrogens with one attached hydrogen (secondary N) is 2. The van der Waals surface area contributed by atoms with Crippen molar-refractivity contribution in [2.75, 3.05) is 12.0 Å². The van der Waals surface area contributed by atoms with E-state index in [-0.39, 0.29) is 12.8 Å². The fourth-order valence-corrected chi connectivity index (χ4v) is 2.58. The minimum absolute atomic E-state index is 0.114. The normalized spacial score (nSPS) is 10.4. The van der Waals surface area contributed by atoms with Crippen LogP contribution in [0.3, 0.4) is 0 Å². The molecule has 0 unspecified atom stereocenters. The summed E-state index contributed by atoms with van der Waals surface area (Å²) in [6.45, 7) is 4.13. The number of rotatable bonds is 4. The monoisotopic (exact) mass is 320 g/mol. The highest BCUT2D eigenvalue weighted by Gasteiger charge is 2.04. The SMILES string of the molecule is Cc1ccc(OCNC(=O)Nc2ccc3ccccc3c2)c(C)c1. The van der Waals surface area contributed by atoms with Gasteiger partial charge in [-0.2, -0.15) is 0 Å². The molecule has 0 aromatic heterocycles. The lowest BCUT2D eigenvalue weighted by atomic mass is 10.1. The van der Waals surface area contributed by atoms with Gasteiger partial charge in [-0.05, 0) is 48.4 Å². The first kappa shape index (κ1) is 15.9. The summed E-state index contributed by atoms with van der Waals surface area (Å²) < 4.78 is 5.60. The molecule has 0 saturated heterocycles. The van der Waals surface area contributed by atoms with Crippen molar-refractivity contribution in [3.8, 4) is 5.75 Å². The molecule has 0 spiro atoms. The van der Waals surface area contributed by atoms with E-state index in [9.17, 15) is 4.79 Å². The quantitative estimate of drug-likeness (QED) is 0.689. The van der Waals surface area contributed by atoms with Gasteiger partial charge in [0.15, 0.2) is 6.73 Å². The second-order valence-corrected chi connectivity index (χ2v) is 5.75. The summed E-state index contributed by atoms with van der Waals surface area (Å²) in [5, 5.41) is 7.74. The van der Waals surface area contributed by atoms with Gasteiger partial charge in [0.1, 0.15) is 5.75 Å². The summed E-state index contributed by atoms with van der Waals surface area (Å²) in [6, 6.07) is 19.5. The van der Waals surface area contributed by atoms with E-state index in [2.05, 4.69) is 10.6 Å². The highest BCUT2D eigenvalue weighted by molar-refractivity contribution is 5.93. The number of hydrogen-bond acceptors (Lipinski definition) is 2. The molecule has 4 nitrogen and oxygen atoms in total. The van der Waals surface area contributed by atoms with Crippen LogP contribution in [0.1, 0.15) is 11.1 Å². The van der Waals surface area contributed by atoms with Crippen LogP contribution in [-0.4, -0.2) is 12.8 Å². The molecule has 3 rings (SSSR count). The molecule has 0 radical (unpaired) electrons. The van der Waals surface area contributed by atoms with Crippen molar-refractivity contribution in [1.82, 2.24) is 5.32 Å². The number of ether oxygens (including phenoxy) is 1. The molecule has 0 saturated carbocycles. The Morgan fingerprint density at radius 1 is 0.958 bits per heavy atom. The van der Waals surface area contributed by atoms with Crippen LogP contribution in [0.2, 0.25) is 0 Å². The van der Waals surface area contributed by atoms with Gasteiger partial charge in [-0.1, -0.05) is 48.0 Å². The zero-order valence-electron chi connectivity index (χ0n) is 13.8. The molecule has 0 aliphatic heterocycles. The van der Waals surface area contributed by atoms with Crippen molar-refractivity contribution in [2.45, 2.75) is 13.8 Å². The number of urea groups is 1. The third-order valence-electron chi connectivity index (χ3n) is 3.80. The zero-order valence-corrected chi connectivity index (χ0v) is 13.8. The summed E-state index contributed by atoms with van der Waals surface area (Å²) in [5.41, 5.74) is 2.98. The summed E-state index contributed by atoms with van der Waals surface area (Å²) >= 11 is 0. The highest BCUT2D eigenvalue weighted by atomic mass is 16.5. The Kier molecular flexibility index (Phi) is 4.66. The maximum Gasteiger partial charge on any atom is 0.321 e. The van der Waals surface area contributed by atoms with Gasteiger partial charge < -0.3 is 15.4 Å². The maximum atomic E-state index is 12.0. The Balaban J connectivity index is 1.55. The summed E-state index contributed by atoms with van der Waals surface area (Å²) in [4.78, 5) is 12.0. The number of amides is 2. The minimum atomic E-state index is -0.296. The number of anilines is 1. The number of carbonyl (C=O) groups is 1. The molecule has 0 fully saturated rings. The second-order valence-electron chi connectivity index (χ2n) is 5.75. The van der Waals surface area contributed by atoms with Crippen LogP contribution < -0.4 is 15.4 Å². The van der Waals surface area contributed by atoms with E-state index in [0.29, 0.717) is 0 Å². The predicted molar refractivity (Wildman–Crippen MR) is 97.5 cm³/mol. The van der Waals surface area contributed by atoms with E-state index in [1.165, 1.54) is 5.56 Å². The third kappa shape index (κ3) is 3.84. The van der Waals surface area contributed by atoms with Crippen LogP contribution in [0.25, 0.3) is 10.8 Å². The van der Waals surface area contributed by atoms with Crippen LogP contribution in [0.5, 0.6) is 5.75 Å². The molecule has 2 amide bonds. The first-order valence-corrected chi connectivity index (χ1v) is 7.85. The van der Waals surface area contributed by atoms with E-state index in [1.807, 2.05) is 74.5 Å². The van der Waals surface area contributed by atoms with Gasteiger partial charge in [-0.15, -0.1) is 0 Å². The van der Waals surface area contributed by atoms with Crippen molar-refractivity contribution < 1.29 is 9.53 Å². The van der Waals surface area contributed by atoms with Gasteiger partial charge in [0.2, 0.25) is 0 Å². The molecule has 0 aliphatic rings. The van der Waals surface area contributed by atoms with Crippen LogP contribution in [-0.2, 0) is 0 Å². The van der Waals surface area contributed by atoms with Crippen LogP contribution in [0, 0.1) is 13.8 Å². The van der Waals surface area contributed by atoms with Gasteiger partial charge in [-0.3, -0.25) is 0 Å². The summed E-state index contributed by atoms with van der Waals surface area (Å²) in [7, 11) is 0. The van der Waals surface area contributed by atoms with Gasteiger partial charge in [0.25, 0.3) is 0 Å². The van der Waals surface area contributed by atoms with E-state index < -0.39 is 0 Å². The molecule has 0 heterocycles. The smallest absolute Gasteiger partial charge is 0.321 e. The van der Waals surface area contributed by atoms with E-state index >= 15 is 0 Å². The van der Waals surface area contributed by atoms with Crippen molar-refractivity contribution >= 4 is 22.5 Å². The minimum Gasteiger partial charge on any atom is -0.473 e. The van der Waals surface area contributed by atoms with Crippen molar-refractivity contribution in [2.24, 2.45) is 0 Å². The Bertz CT molecular complexity index is 874. The molecule has 0 bridgehead atoms. The molecule has 0 atom stereocenters. The van der Waals surface area contributed by atoms with Crippen LogP contribution in [0.15, 0.2) is 60.7 Å². The third-order valence-corrected chi connectivity index (χ3v) is 3.80.